The molecular formula is C18H20FN2OS+. The van der Waals surface area contributed by atoms with Gasteiger partial charge in [-0.2, -0.15) is 0 Å². The summed E-state index contributed by atoms with van der Waals surface area (Å²) in [5, 5.41) is 4.01. The zero-order chi connectivity index (χ0) is 16.2. The average molecular weight is 331 g/mol. The molecule has 1 aliphatic rings. The van der Waals surface area contributed by atoms with Gasteiger partial charge >= 0.3 is 0 Å². The molecule has 2 N–H and O–H groups in total. The summed E-state index contributed by atoms with van der Waals surface area (Å²) >= 11 is 1.73. The van der Waals surface area contributed by atoms with Crippen molar-refractivity contribution in [3.05, 3.63) is 70.2 Å². The van der Waals surface area contributed by atoms with Crippen molar-refractivity contribution in [2.45, 2.75) is 12.5 Å². The van der Waals surface area contributed by atoms with Crippen LogP contribution in [0.5, 0.6) is 0 Å². The molecule has 1 aliphatic heterocycles. The van der Waals surface area contributed by atoms with Crippen LogP contribution in [0.3, 0.4) is 0 Å². The molecule has 23 heavy (non-hydrogen) atoms. The molecule has 3 rings (SSSR count). The Morgan fingerprint density at radius 2 is 2.17 bits per heavy atom. The number of nitrogens with zero attached hydrogens (tertiary/aromatic N) is 1. The summed E-state index contributed by atoms with van der Waals surface area (Å²) in [6.07, 6.45) is 2.68. The first-order valence-corrected chi connectivity index (χ1v) is 8.62. The third-order valence-electron chi connectivity index (χ3n) is 4.12. The highest BCUT2D eigenvalue weighted by Gasteiger charge is 2.33. The van der Waals surface area contributed by atoms with Gasteiger partial charge in [-0.25, -0.2) is 4.39 Å². The van der Waals surface area contributed by atoms with Crippen molar-refractivity contribution in [3.63, 3.8) is 0 Å². The Bertz CT molecular complexity index is 695. The second-order valence-electron chi connectivity index (χ2n) is 5.61. The average Bonchev–Trinajstić information content (AvgIpc) is 3.03. The molecule has 0 aliphatic carbocycles. The second-order valence-corrected chi connectivity index (χ2v) is 6.61. The highest BCUT2D eigenvalue weighted by Crippen LogP contribution is 2.37. The van der Waals surface area contributed by atoms with E-state index in [1.54, 1.807) is 29.5 Å². The lowest BCUT2D eigenvalue weighted by molar-refractivity contribution is -0.635. The van der Waals surface area contributed by atoms with E-state index in [-0.39, 0.29) is 17.8 Å². The fourth-order valence-corrected chi connectivity index (χ4v) is 3.94. The maximum absolute atomic E-state index is 13.3. The number of rotatable bonds is 5. The Labute approximate surface area is 139 Å². The summed E-state index contributed by atoms with van der Waals surface area (Å²) < 4.78 is 13.3. The molecule has 0 unspecified atom stereocenters. The van der Waals surface area contributed by atoms with Gasteiger partial charge in [0.1, 0.15) is 5.82 Å². The number of carbonyl (C=O) groups is 1. The van der Waals surface area contributed by atoms with Gasteiger partial charge in [0.05, 0.1) is 12.6 Å². The molecule has 120 valence electrons. The fraction of sp³-hybridized carbons (Fsp3) is 0.278. The standard InChI is InChI=1S/C18H19FN2OS/c1-2-9-20-12-17(22)21-10-7-16-15(8-11-23-16)18(21)13-3-5-14(19)6-4-13/h2-6,8,11,18,20H,1,7,9-10,12H2/p+1/t18-/m0/s1. The van der Waals surface area contributed by atoms with E-state index >= 15 is 0 Å². The third kappa shape index (κ3) is 3.35. The van der Waals surface area contributed by atoms with Gasteiger partial charge in [-0.15, -0.1) is 11.3 Å². The van der Waals surface area contributed by atoms with Crippen molar-refractivity contribution >= 4 is 17.2 Å². The van der Waals surface area contributed by atoms with Crippen LogP contribution in [0, 0.1) is 5.82 Å². The van der Waals surface area contributed by atoms with Crippen molar-refractivity contribution in [3.8, 4) is 0 Å². The van der Waals surface area contributed by atoms with E-state index < -0.39 is 0 Å². The predicted octanol–water partition coefficient (Wildman–Crippen LogP) is 2.11. The molecule has 1 aromatic carbocycles. The van der Waals surface area contributed by atoms with Gasteiger partial charge in [0.2, 0.25) is 0 Å². The second kappa shape index (κ2) is 7.06. The number of quaternary nitrogens is 1. The van der Waals surface area contributed by atoms with E-state index in [0.29, 0.717) is 13.1 Å². The maximum Gasteiger partial charge on any atom is 0.278 e. The topological polar surface area (TPSA) is 36.9 Å². The molecule has 5 heteroatoms. The minimum Gasteiger partial charge on any atom is -0.335 e. The van der Waals surface area contributed by atoms with Crippen LogP contribution in [-0.4, -0.2) is 30.4 Å². The first-order chi connectivity index (χ1) is 11.2. The van der Waals surface area contributed by atoms with Crippen molar-refractivity contribution in [2.24, 2.45) is 0 Å². The van der Waals surface area contributed by atoms with Crippen LogP contribution < -0.4 is 5.32 Å². The molecule has 0 spiro atoms. The lowest BCUT2D eigenvalue weighted by Gasteiger charge is -2.36. The SMILES string of the molecule is C=CC[NH2+]CC(=O)N1CCc2sccc2[C@@H]1c1ccc(F)cc1. The molecular weight excluding hydrogens is 311 g/mol. The summed E-state index contributed by atoms with van der Waals surface area (Å²) in [6, 6.07) is 8.45. The molecule has 1 aromatic heterocycles. The molecule has 2 aromatic rings. The number of benzene rings is 1. The van der Waals surface area contributed by atoms with Gasteiger partial charge in [-0.05, 0) is 47.2 Å². The number of halogens is 1. The van der Waals surface area contributed by atoms with E-state index in [9.17, 15) is 9.18 Å². The Hall–Kier alpha value is -1.98. The summed E-state index contributed by atoms with van der Waals surface area (Å²) in [5.74, 6) is -0.148. The zero-order valence-electron chi connectivity index (χ0n) is 12.9. The molecule has 3 nitrogen and oxygen atoms in total. The summed E-state index contributed by atoms with van der Waals surface area (Å²) in [5.41, 5.74) is 2.13. The highest BCUT2D eigenvalue weighted by atomic mass is 32.1. The van der Waals surface area contributed by atoms with Crippen LogP contribution in [0.25, 0.3) is 0 Å². The van der Waals surface area contributed by atoms with Gasteiger partial charge in [0.25, 0.3) is 5.91 Å². The third-order valence-corrected chi connectivity index (χ3v) is 5.12. The van der Waals surface area contributed by atoms with Crippen molar-refractivity contribution < 1.29 is 14.5 Å². The minimum atomic E-state index is -0.257. The first kappa shape index (κ1) is 15.9. The fourth-order valence-electron chi connectivity index (χ4n) is 3.03. The molecule has 2 heterocycles. The summed E-state index contributed by atoms with van der Waals surface area (Å²) in [6.45, 7) is 5.51. The summed E-state index contributed by atoms with van der Waals surface area (Å²) in [7, 11) is 0. The normalized spacial score (nSPS) is 16.9. The molecule has 0 radical (unpaired) electrons. The van der Waals surface area contributed by atoms with E-state index in [1.807, 2.05) is 10.2 Å². The lowest BCUT2D eigenvalue weighted by atomic mass is 9.93. The van der Waals surface area contributed by atoms with Crippen LogP contribution in [0.15, 0.2) is 48.4 Å². The predicted molar refractivity (Wildman–Crippen MR) is 89.8 cm³/mol. The molecule has 0 fully saturated rings. The van der Waals surface area contributed by atoms with Crippen LogP contribution in [0.1, 0.15) is 22.0 Å². The highest BCUT2D eigenvalue weighted by molar-refractivity contribution is 7.10. The van der Waals surface area contributed by atoms with Gasteiger partial charge in [0.15, 0.2) is 6.54 Å². The molecule has 1 atom stereocenters. The summed E-state index contributed by atoms with van der Waals surface area (Å²) in [4.78, 5) is 15.9. The first-order valence-electron chi connectivity index (χ1n) is 7.74. The number of hydrogen-bond donors (Lipinski definition) is 1. The smallest absolute Gasteiger partial charge is 0.278 e. The van der Waals surface area contributed by atoms with Gasteiger partial charge in [0, 0.05) is 11.4 Å². The molecule has 1 amide bonds. The number of thiophene rings is 1. The Balaban J connectivity index is 1.90. The van der Waals surface area contributed by atoms with Gasteiger partial charge in [-0.3, -0.25) is 4.79 Å². The van der Waals surface area contributed by atoms with E-state index in [1.165, 1.54) is 22.6 Å². The van der Waals surface area contributed by atoms with E-state index in [4.69, 9.17) is 0 Å². The van der Waals surface area contributed by atoms with E-state index in [0.717, 1.165) is 18.5 Å². The number of carbonyl (C=O) groups excluding carboxylic acids is 1. The van der Waals surface area contributed by atoms with Crippen LogP contribution >= 0.6 is 11.3 Å². The monoisotopic (exact) mass is 331 g/mol. The number of fused-ring (bicyclic) bond motifs is 1. The minimum absolute atomic E-state index is 0.109. The van der Waals surface area contributed by atoms with Crippen molar-refractivity contribution in [1.29, 1.82) is 0 Å². The number of nitrogens with two attached hydrogens (primary N) is 1. The van der Waals surface area contributed by atoms with Crippen molar-refractivity contribution in [2.75, 3.05) is 19.6 Å². The maximum atomic E-state index is 13.3. The number of amides is 1. The van der Waals surface area contributed by atoms with Gasteiger partial charge < -0.3 is 10.2 Å². The van der Waals surface area contributed by atoms with E-state index in [2.05, 4.69) is 18.0 Å². The molecule has 0 saturated heterocycles. The Morgan fingerprint density at radius 3 is 2.91 bits per heavy atom. The van der Waals surface area contributed by atoms with Gasteiger partial charge in [-0.1, -0.05) is 18.7 Å². The quantitative estimate of drug-likeness (QED) is 0.661. The number of hydrogen-bond acceptors (Lipinski definition) is 2. The largest absolute Gasteiger partial charge is 0.335 e. The Morgan fingerprint density at radius 1 is 1.39 bits per heavy atom. The lowest BCUT2D eigenvalue weighted by Crippen LogP contribution is -2.86. The van der Waals surface area contributed by atoms with Crippen molar-refractivity contribution in [1.82, 2.24) is 4.90 Å². The van der Waals surface area contributed by atoms with Crippen LogP contribution in [0.2, 0.25) is 0 Å². The zero-order valence-corrected chi connectivity index (χ0v) is 13.7. The molecule has 0 saturated carbocycles. The Kier molecular flexibility index (Phi) is 4.88. The van der Waals surface area contributed by atoms with Crippen LogP contribution in [0.4, 0.5) is 4.39 Å². The molecule has 0 bridgehead atoms. The van der Waals surface area contributed by atoms with Crippen LogP contribution in [-0.2, 0) is 11.2 Å².